The number of carboxylic acid groups (broad SMARTS) is 1. The second kappa shape index (κ2) is 6.37. The number of carboxylic acids is 1. The Morgan fingerprint density at radius 1 is 1.29 bits per heavy atom. The maximum absolute atomic E-state index is 12.0. The molecule has 24 heavy (non-hydrogen) atoms. The number of benzene rings is 1. The summed E-state index contributed by atoms with van der Waals surface area (Å²) in [5, 5.41) is 19.7. The first kappa shape index (κ1) is 15.5. The third kappa shape index (κ3) is 3.32. The Bertz CT molecular complexity index is 897. The Morgan fingerprint density at radius 3 is 2.79 bits per heavy atom. The minimum Gasteiger partial charge on any atom is -0.476 e. The first-order valence-electron chi connectivity index (χ1n) is 7.18. The highest BCUT2D eigenvalue weighted by atomic mass is 16.4. The summed E-state index contributed by atoms with van der Waals surface area (Å²) in [4.78, 5) is 22.9. The first-order valence-corrected chi connectivity index (χ1v) is 7.18. The fourth-order valence-corrected chi connectivity index (χ4v) is 2.21. The van der Waals surface area contributed by atoms with Crippen LogP contribution in [-0.4, -0.2) is 36.5 Å². The number of carbonyl (C=O) groups is 2. The highest BCUT2D eigenvalue weighted by Crippen LogP contribution is 2.11. The molecule has 2 aromatic heterocycles. The molecule has 0 aliphatic heterocycles. The van der Waals surface area contributed by atoms with Crippen LogP contribution in [0, 0.1) is 0 Å². The summed E-state index contributed by atoms with van der Waals surface area (Å²) in [6.07, 6.45) is 4.72. The zero-order valence-electron chi connectivity index (χ0n) is 12.9. The molecular formula is C16H15N5O3. The van der Waals surface area contributed by atoms with E-state index in [0.29, 0.717) is 12.1 Å². The molecule has 0 radical (unpaired) electrons. The number of aromatic nitrogens is 4. The molecule has 0 saturated carbocycles. The largest absolute Gasteiger partial charge is 0.476 e. The van der Waals surface area contributed by atoms with Crippen molar-refractivity contribution in [2.24, 2.45) is 7.05 Å². The molecule has 0 fully saturated rings. The zero-order valence-corrected chi connectivity index (χ0v) is 12.9. The summed E-state index contributed by atoms with van der Waals surface area (Å²) in [6.45, 7) is 0.342. The molecule has 0 bridgehead atoms. The van der Waals surface area contributed by atoms with Crippen LogP contribution in [0.3, 0.4) is 0 Å². The molecule has 0 aliphatic rings. The van der Waals surface area contributed by atoms with Crippen molar-refractivity contribution in [3.63, 3.8) is 0 Å². The molecule has 0 atom stereocenters. The van der Waals surface area contributed by atoms with E-state index in [1.54, 1.807) is 24.1 Å². The maximum Gasteiger partial charge on any atom is 0.356 e. The van der Waals surface area contributed by atoms with E-state index in [1.807, 2.05) is 24.3 Å². The molecule has 122 valence electrons. The Morgan fingerprint density at radius 2 is 2.12 bits per heavy atom. The van der Waals surface area contributed by atoms with Gasteiger partial charge in [0.05, 0.1) is 17.4 Å². The number of nitrogens with one attached hydrogen (secondary N) is 1. The second-order valence-electron chi connectivity index (χ2n) is 5.21. The molecule has 8 heteroatoms. The molecule has 8 nitrogen and oxygen atoms in total. The first-order chi connectivity index (χ1) is 11.5. The van der Waals surface area contributed by atoms with Crippen molar-refractivity contribution < 1.29 is 14.7 Å². The number of hydrogen-bond donors (Lipinski definition) is 2. The topological polar surface area (TPSA) is 102 Å². The van der Waals surface area contributed by atoms with Crippen molar-refractivity contribution >= 4 is 11.9 Å². The number of aromatic carboxylic acids is 1. The van der Waals surface area contributed by atoms with Gasteiger partial charge in [-0.15, -0.1) is 0 Å². The average molecular weight is 325 g/mol. The molecule has 0 aliphatic carbocycles. The molecule has 1 aromatic carbocycles. The SMILES string of the molecule is Cn1cc(C(=O)NCc2cccc(-n3ccc(C(=O)O)n3)c2)cn1. The highest BCUT2D eigenvalue weighted by molar-refractivity contribution is 5.93. The lowest BCUT2D eigenvalue weighted by atomic mass is 10.2. The van der Waals surface area contributed by atoms with Gasteiger partial charge in [-0.25, -0.2) is 9.48 Å². The summed E-state index contributed by atoms with van der Waals surface area (Å²) in [5.74, 6) is -1.28. The quantitative estimate of drug-likeness (QED) is 0.734. The zero-order chi connectivity index (χ0) is 17.1. The smallest absolute Gasteiger partial charge is 0.356 e. The number of rotatable bonds is 5. The van der Waals surface area contributed by atoms with Gasteiger partial charge in [0.2, 0.25) is 0 Å². The minimum absolute atomic E-state index is 0.0229. The maximum atomic E-state index is 12.0. The van der Waals surface area contributed by atoms with Crippen molar-refractivity contribution in [3.05, 3.63) is 65.7 Å². The predicted molar refractivity (Wildman–Crippen MR) is 84.9 cm³/mol. The summed E-state index contributed by atoms with van der Waals surface area (Å²) >= 11 is 0. The minimum atomic E-state index is -1.08. The normalized spacial score (nSPS) is 10.5. The summed E-state index contributed by atoms with van der Waals surface area (Å²) in [5.41, 5.74) is 2.06. The van der Waals surface area contributed by atoms with Gasteiger partial charge in [-0.05, 0) is 23.8 Å². The van der Waals surface area contributed by atoms with E-state index < -0.39 is 5.97 Å². The molecule has 0 saturated heterocycles. The van der Waals surface area contributed by atoms with Crippen molar-refractivity contribution in [2.45, 2.75) is 6.54 Å². The van der Waals surface area contributed by atoms with E-state index >= 15 is 0 Å². The van der Waals surface area contributed by atoms with Gasteiger partial charge >= 0.3 is 5.97 Å². The van der Waals surface area contributed by atoms with Gasteiger partial charge in [-0.1, -0.05) is 12.1 Å². The van der Waals surface area contributed by atoms with Crippen LogP contribution in [0.1, 0.15) is 26.4 Å². The van der Waals surface area contributed by atoms with Gasteiger partial charge in [0, 0.05) is 26.0 Å². The number of carbonyl (C=O) groups excluding carboxylic acids is 1. The van der Waals surface area contributed by atoms with Crippen LogP contribution in [0.25, 0.3) is 5.69 Å². The van der Waals surface area contributed by atoms with E-state index in [2.05, 4.69) is 15.5 Å². The fourth-order valence-electron chi connectivity index (χ4n) is 2.21. The monoisotopic (exact) mass is 325 g/mol. The number of hydrogen-bond acceptors (Lipinski definition) is 4. The van der Waals surface area contributed by atoms with Crippen molar-refractivity contribution in [2.75, 3.05) is 0 Å². The molecule has 3 aromatic rings. The third-order valence-corrected chi connectivity index (χ3v) is 3.40. The highest BCUT2D eigenvalue weighted by Gasteiger charge is 2.09. The van der Waals surface area contributed by atoms with Crippen LogP contribution in [0.4, 0.5) is 0 Å². The molecule has 1 amide bonds. The van der Waals surface area contributed by atoms with Crippen LogP contribution < -0.4 is 5.32 Å². The third-order valence-electron chi connectivity index (χ3n) is 3.40. The van der Waals surface area contributed by atoms with Gasteiger partial charge in [0.1, 0.15) is 0 Å². The van der Waals surface area contributed by atoms with Crippen molar-refractivity contribution in [1.29, 1.82) is 0 Å². The van der Waals surface area contributed by atoms with Gasteiger partial charge < -0.3 is 10.4 Å². The second-order valence-corrected chi connectivity index (χ2v) is 5.21. The Labute approximate surface area is 137 Å². The van der Waals surface area contributed by atoms with Crippen LogP contribution in [-0.2, 0) is 13.6 Å². The Hall–Kier alpha value is -3.42. The molecule has 0 unspecified atom stereocenters. The number of amides is 1. The lowest BCUT2D eigenvalue weighted by Gasteiger charge is -2.07. The van der Waals surface area contributed by atoms with Gasteiger partial charge in [-0.3, -0.25) is 9.48 Å². The van der Waals surface area contributed by atoms with Gasteiger partial charge in [0.25, 0.3) is 5.91 Å². The molecule has 3 rings (SSSR count). The summed E-state index contributed by atoms with van der Waals surface area (Å²) in [6, 6.07) is 8.77. The van der Waals surface area contributed by atoms with Crippen molar-refractivity contribution in [3.8, 4) is 5.69 Å². The average Bonchev–Trinajstić information content (AvgIpc) is 3.22. The van der Waals surface area contributed by atoms with E-state index in [-0.39, 0.29) is 11.6 Å². The van der Waals surface area contributed by atoms with Gasteiger partial charge in [0.15, 0.2) is 5.69 Å². The lowest BCUT2D eigenvalue weighted by molar-refractivity contribution is 0.0689. The fraction of sp³-hybridized carbons (Fsp3) is 0.125. The van der Waals surface area contributed by atoms with E-state index in [9.17, 15) is 9.59 Å². The molecule has 2 heterocycles. The van der Waals surface area contributed by atoms with Crippen LogP contribution in [0.5, 0.6) is 0 Å². The van der Waals surface area contributed by atoms with Crippen molar-refractivity contribution in [1.82, 2.24) is 24.9 Å². The molecule has 0 spiro atoms. The van der Waals surface area contributed by atoms with Crippen LogP contribution in [0.15, 0.2) is 48.9 Å². The molecule has 2 N–H and O–H groups in total. The van der Waals surface area contributed by atoms with Crippen LogP contribution in [0.2, 0.25) is 0 Å². The van der Waals surface area contributed by atoms with E-state index in [1.165, 1.54) is 16.9 Å². The van der Waals surface area contributed by atoms with E-state index in [0.717, 1.165) is 11.3 Å². The Kier molecular flexibility index (Phi) is 4.11. The molecular weight excluding hydrogens is 310 g/mol. The lowest BCUT2D eigenvalue weighted by Crippen LogP contribution is -2.22. The number of aryl methyl sites for hydroxylation is 1. The number of nitrogens with zero attached hydrogens (tertiary/aromatic N) is 4. The predicted octanol–water partition coefficient (Wildman–Crippen LogP) is 1.23. The summed E-state index contributed by atoms with van der Waals surface area (Å²) < 4.78 is 3.04. The van der Waals surface area contributed by atoms with E-state index in [4.69, 9.17) is 5.11 Å². The Balaban J connectivity index is 1.71. The standard InChI is InChI=1S/C16H15N5O3/c1-20-10-12(9-18-20)15(22)17-8-11-3-2-4-13(7-11)21-6-5-14(19-21)16(23)24/h2-7,9-10H,8H2,1H3,(H,17,22)(H,23,24). The van der Waals surface area contributed by atoms with Gasteiger partial charge in [-0.2, -0.15) is 10.2 Å². The van der Waals surface area contributed by atoms with Crippen LogP contribution >= 0.6 is 0 Å². The summed E-state index contributed by atoms with van der Waals surface area (Å²) in [7, 11) is 1.75.